The zero-order chi connectivity index (χ0) is 14.5. The highest BCUT2D eigenvalue weighted by Crippen LogP contribution is 2.29. The summed E-state index contributed by atoms with van der Waals surface area (Å²) in [5, 5.41) is 12.0. The van der Waals surface area contributed by atoms with E-state index >= 15 is 0 Å². The second-order valence-corrected chi connectivity index (χ2v) is 6.04. The van der Waals surface area contributed by atoms with Crippen LogP contribution in [0.5, 0.6) is 0 Å². The third kappa shape index (κ3) is 4.20. The minimum absolute atomic E-state index is 0.0154. The van der Waals surface area contributed by atoms with E-state index in [0.29, 0.717) is 32.2 Å². The van der Waals surface area contributed by atoms with Crippen LogP contribution in [0.3, 0.4) is 0 Å². The highest BCUT2D eigenvalue weighted by atomic mass is 16.4. The standard InChI is InChI=1S/C15H26N2O3/c1-2-17(13-7-8-13)10-9-16-14(18)11-3-5-12(6-4-11)15(19)20/h11-13H,2-10H2,1H3,(H,16,18)(H,19,20). The Balaban J connectivity index is 1.64. The van der Waals surface area contributed by atoms with Crippen molar-refractivity contribution in [1.82, 2.24) is 10.2 Å². The van der Waals surface area contributed by atoms with Gasteiger partial charge in [0, 0.05) is 25.0 Å². The van der Waals surface area contributed by atoms with Crippen molar-refractivity contribution in [2.45, 2.75) is 51.5 Å². The van der Waals surface area contributed by atoms with E-state index in [0.717, 1.165) is 19.1 Å². The highest BCUT2D eigenvalue weighted by Gasteiger charge is 2.30. The molecule has 0 heterocycles. The zero-order valence-electron chi connectivity index (χ0n) is 12.3. The van der Waals surface area contributed by atoms with Crippen LogP contribution in [0.2, 0.25) is 0 Å². The van der Waals surface area contributed by atoms with Crippen molar-refractivity contribution in [1.29, 1.82) is 0 Å². The molecule has 0 aliphatic heterocycles. The Bertz CT molecular complexity index is 347. The molecule has 2 fully saturated rings. The zero-order valence-corrected chi connectivity index (χ0v) is 12.3. The second kappa shape index (κ2) is 7.07. The first kappa shape index (κ1) is 15.3. The van der Waals surface area contributed by atoms with Gasteiger partial charge in [0.15, 0.2) is 0 Å². The maximum atomic E-state index is 12.1. The summed E-state index contributed by atoms with van der Waals surface area (Å²) in [6.07, 6.45) is 5.28. The number of hydrogen-bond donors (Lipinski definition) is 2. The first-order chi connectivity index (χ1) is 9.61. The summed E-state index contributed by atoms with van der Waals surface area (Å²) in [6.45, 7) is 4.84. The van der Waals surface area contributed by atoms with Gasteiger partial charge in [-0.05, 0) is 45.1 Å². The van der Waals surface area contributed by atoms with Crippen LogP contribution in [0.4, 0.5) is 0 Å². The van der Waals surface area contributed by atoms with Gasteiger partial charge < -0.3 is 10.4 Å². The fourth-order valence-electron chi connectivity index (χ4n) is 3.11. The van der Waals surface area contributed by atoms with Crippen LogP contribution in [0.15, 0.2) is 0 Å². The van der Waals surface area contributed by atoms with Gasteiger partial charge in [-0.1, -0.05) is 6.92 Å². The number of carbonyl (C=O) groups is 2. The molecule has 5 nitrogen and oxygen atoms in total. The number of rotatable bonds is 7. The molecule has 2 rings (SSSR count). The van der Waals surface area contributed by atoms with Gasteiger partial charge in [0.25, 0.3) is 0 Å². The summed E-state index contributed by atoms with van der Waals surface area (Å²) in [5.74, 6) is -0.835. The first-order valence-electron chi connectivity index (χ1n) is 7.86. The Morgan fingerprint density at radius 3 is 2.20 bits per heavy atom. The van der Waals surface area contributed by atoms with E-state index in [2.05, 4.69) is 17.1 Å². The molecule has 0 aromatic rings. The molecule has 0 saturated heterocycles. The van der Waals surface area contributed by atoms with Crippen LogP contribution in [0.25, 0.3) is 0 Å². The van der Waals surface area contributed by atoms with Crippen molar-refractivity contribution in [3.63, 3.8) is 0 Å². The lowest BCUT2D eigenvalue weighted by molar-refractivity contribution is -0.144. The van der Waals surface area contributed by atoms with Crippen LogP contribution in [0, 0.1) is 11.8 Å². The molecule has 2 saturated carbocycles. The summed E-state index contributed by atoms with van der Waals surface area (Å²) in [6, 6.07) is 0.739. The summed E-state index contributed by atoms with van der Waals surface area (Å²) in [7, 11) is 0. The van der Waals surface area contributed by atoms with Crippen LogP contribution in [0.1, 0.15) is 45.4 Å². The monoisotopic (exact) mass is 282 g/mol. The van der Waals surface area contributed by atoms with Crippen LogP contribution < -0.4 is 5.32 Å². The van der Waals surface area contributed by atoms with Gasteiger partial charge in [-0.25, -0.2) is 0 Å². The largest absolute Gasteiger partial charge is 0.481 e. The predicted molar refractivity (Wildman–Crippen MR) is 76.4 cm³/mol. The molecule has 20 heavy (non-hydrogen) atoms. The molecule has 2 N–H and O–H groups in total. The smallest absolute Gasteiger partial charge is 0.306 e. The Morgan fingerprint density at radius 2 is 1.70 bits per heavy atom. The van der Waals surface area contributed by atoms with Crippen molar-refractivity contribution >= 4 is 11.9 Å². The van der Waals surface area contributed by atoms with Crippen molar-refractivity contribution in [3.8, 4) is 0 Å². The van der Waals surface area contributed by atoms with Crippen molar-refractivity contribution in [2.24, 2.45) is 11.8 Å². The fraction of sp³-hybridized carbons (Fsp3) is 0.867. The Morgan fingerprint density at radius 1 is 1.10 bits per heavy atom. The molecule has 0 aromatic heterocycles. The molecule has 5 heteroatoms. The number of likely N-dealkylation sites (N-methyl/N-ethyl adjacent to an activating group) is 1. The molecule has 2 aliphatic carbocycles. The van der Waals surface area contributed by atoms with E-state index in [1.54, 1.807) is 0 Å². The third-order valence-electron chi connectivity index (χ3n) is 4.61. The SMILES string of the molecule is CCN(CCNC(=O)C1CCC(C(=O)O)CC1)C1CC1. The Hall–Kier alpha value is -1.10. The summed E-state index contributed by atoms with van der Waals surface area (Å²) in [5.41, 5.74) is 0. The van der Waals surface area contributed by atoms with E-state index in [9.17, 15) is 9.59 Å². The fourth-order valence-corrected chi connectivity index (χ4v) is 3.11. The number of nitrogens with zero attached hydrogens (tertiary/aromatic N) is 1. The minimum atomic E-state index is -0.716. The lowest BCUT2D eigenvalue weighted by atomic mass is 9.81. The highest BCUT2D eigenvalue weighted by molar-refractivity contribution is 5.79. The number of nitrogens with one attached hydrogen (secondary N) is 1. The molecule has 1 amide bonds. The number of carboxylic acids is 1. The normalized spacial score (nSPS) is 26.5. The molecule has 0 spiro atoms. The number of carbonyl (C=O) groups excluding carboxylic acids is 1. The topological polar surface area (TPSA) is 69.6 Å². The number of carboxylic acid groups (broad SMARTS) is 1. The summed E-state index contributed by atoms with van der Waals surface area (Å²) in [4.78, 5) is 25.3. The van der Waals surface area contributed by atoms with Gasteiger partial charge >= 0.3 is 5.97 Å². The molecule has 0 aromatic carbocycles. The Labute approximate surface area is 120 Å². The van der Waals surface area contributed by atoms with Gasteiger partial charge in [0.1, 0.15) is 0 Å². The van der Waals surface area contributed by atoms with E-state index in [4.69, 9.17) is 5.11 Å². The molecular weight excluding hydrogens is 256 g/mol. The summed E-state index contributed by atoms with van der Waals surface area (Å²) >= 11 is 0. The van der Waals surface area contributed by atoms with Crippen LogP contribution in [-0.4, -0.2) is 47.6 Å². The van der Waals surface area contributed by atoms with Gasteiger partial charge in [-0.3, -0.25) is 14.5 Å². The molecular formula is C15H26N2O3. The number of aliphatic carboxylic acids is 1. The van der Waals surface area contributed by atoms with Gasteiger partial charge in [0.2, 0.25) is 5.91 Å². The van der Waals surface area contributed by atoms with Gasteiger partial charge in [0.05, 0.1) is 5.92 Å². The molecule has 0 unspecified atom stereocenters. The lowest BCUT2D eigenvalue weighted by Crippen LogP contribution is -2.39. The molecule has 2 aliphatic rings. The van der Waals surface area contributed by atoms with E-state index in [1.165, 1.54) is 12.8 Å². The lowest BCUT2D eigenvalue weighted by Gasteiger charge is -2.26. The Kier molecular flexibility index (Phi) is 5.40. The van der Waals surface area contributed by atoms with Crippen molar-refractivity contribution < 1.29 is 14.7 Å². The molecule has 0 bridgehead atoms. The predicted octanol–water partition coefficient (Wildman–Crippen LogP) is 1.48. The van der Waals surface area contributed by atoms with Crippen molar-refractivity contribution in [2.75, 3.05) is 19.6 Å². The van der Waals surface area contributed by atoms with E-state index in [1.807, 2.05) is 0 Å². The van der Waals surface area contributed by atoms with Gasteiger partial charge in [-0.15, -0.1) is 0 Å². The second-order valence-electron chi connectivity index (χ2n) is 6.04. The number of amides is 1. The first-order valence-corrected chi connectivity index (χ1v) is 7.86. The van der Waals surface area contributed by atoms with Gasteiger partial charge in [-0.2, -0.15) is 0 Å². The number of hydrogen-bond acceptors (Lipinski definition) is 3. The molecule has 0 radical (unpaired) electrons. The maximum Gasteiger partial charge on any atom is 0.306 e. The van der Waals surface area contributed by atoms with Crippen LogP contribution in [-0.2, 0) is 9.59 Å². The van der Waals surface area contributed by atoms with E-state index < -0.39 is 5.97 Å². The average Bonchev–Trinajstić information content (AvgIpc) is 3.28. The maximum absolute atomic E-state index is 12.1. The average molecular weight is 282 g/mol. The van der Waals surface area contributed by atoms with Crippen molar-refractivity contribution in [3.05, 3.63) is 0 Å². The minimum Gasteiger partial charge on any atom is -0.481 e. The third-order valence-corrected chi connectivity index (χ3v) is 4.61. The quantitative estimate of drug-likeness (QED) is 0.742. The van der Waals surface area contributed by atoms with Crippen LogP contribution >= 0.6 is 0 Å². The summed E-state index contributed by atoms with van der Waals surface area (Å²) < 4.78 is 0. The molecule has 114 valence electrons. The van der Waals surface area contributed by atoms with E-state index in [-0.39, 0.29) is 17.7 Å². The molecule has 0 atom stereocenters.